The van der Waals surface area contributed by atoms with Crippen molar-refractivity contribution in [2.45, 2.75) is 25.7 Å². The van der Waals surface area contributed by atoms with E-state index in [9.17, 15) is 9.90 Å². The van der Waals surface area contributed by atoms with Gasteiger partial charge in [0.2, 0.25) is 5.75 Å². The zero-order valence-corrected chi connectivity index (χ0v) is 13.6. The van der Waals surface area contributed by atoms with Crippen LogP contribution in [0.4, 0.5) is 0 Å². The third-order valence-corrected chi connectivity index (χ3v) is 3.87. The highest BCUT2D eigenvalue weighted by Crippen LogP contribution is 2.44. The van der Waals surface area contributed by atoms with Crippen LogP contribution in [0.1, 0.15) is 31.2 Å². The van der Waals surface area contributed by atoms with Crippen LogP contribution in [-0.4, -0.2) is 38.9 Å². The first kappa shape index (κ1) is 18.1. The van der Waals surface area contributed by atoms with Crippen molar-refractivity contribution in [3.05, 3.63) is 17.7 Å². The van der Waals surface area contributed by atoms with E-state index in [0.29, 0.717) is 23.7 Å². The van der Waals surface area contributed by atoms with Crippen molar-refractivity contribution in [3.8, 4) is 17.2 Å². The van der Waals surface area contributed by atoms with Gasteiger partial charge in [0.25, 0.3) is 0 Å². The Kier molecular flexibility index (Phi) is 6.98. The highest BCUT2D eigenvalue weighted by Gasteiger charge is 2.26. The number of aliphatic carboxylic acids is 1. The lowest BCUT2D eigenvalue weighted by atomic mass is 9.86. The maximum absolute atomic E-state index is 11.2. The number of carboxylic acids is 1. The van der Waals surface area contributed by atoms with Crippen LogP contribution in [0, 0.1) is 5.92 Å². The van der Waals surface area contributed by atoms with Gasteiger partial charge >= 0.3 is 5.97 Å². The Hall–Kier alpha value is -1.95. The molecule has 1 rings (SSSR count). The van der Waals surface area contributed by atoms with Crippen molar-refractivity contribution in [3.63, 3.8) is 0 Å². The number of carbonyl (C=O) groups is 1. The molecule has 6 nitrogen and oxygen atoms in total. The quantitative estimate of drug-likeness (QED) is 0.727. The second-order valence-corrected chi connectivity index (χ2v) is 5.04. The molecule has 2 atom stereocenters. The van der Waals surface area contributed by atoms with E-state index in [4.69, 9.17) is 19.9 Å². The number of hydrogen-bond acceptors (Lipinski definition) is 5. The summed E-state index contributed by atoms with van der Waals surface area (Å²) in [5, 5.41) is 9.22. The molecule has 0 spiro atoms. The minimum Gasteiger partial charge on any atom is -0.493 e. The lowest BCUT2D eigenvalue weighted by Crippen LogP contribution is -2.25. The second kappa shape index (κ2) is 8.48. The fourth-order valence-electron chi connectivity index (χ4n) is 2.60. The van der Waals surface area contributed by atoms with Gasteiger partial charge < -0.3 is 25.1 Å². The number of nitrogens with two attached hydrogens (primary N) is 1. The van der Waals surface area contributed by atoms with Crippen LogP contribution >= 0.6 is 0 Å². The minimum atomic E-state index is -0.875. The number of carboxylic acid groups (broad SMARTS) is 1. The Morgan fingerprint density at radius 2 is 1.82 bits per heavy atom. The topological polar surface area (TPSA) is 91.0 Å². The molecule has 0 aliphatic carbocycles. The van der Waals surface area contributed by atoms with E-state index in [2.05, 4.69) is 0 Å². The first-order valence-corrected chi connectivity index (χ1v) is 7.25. The van der Waals surface area contributed by atoms with Gasteiger partial charge in [-0.25, -0.2) is 0 Å². The third kappa shape index (κ3) is 3.82. The van der Waals surface area contributed by atoms with E-state index in [0.717, 1.165) is 12.0 Å². The van der Waals surface area contributed by atoms with Crippen molar-refractivity contribution in [2.24, 2.45) is 11.7 Å². The van der Waals surface area contributed by atoms with Gasteiger partial charge in [-0.15, -0.1) is 0 Å². The van der Waals surface area contributed by atoms with E-state index in [1.807, 2.05) is 13.0 Å². The molecule has 0 saturated heterocycles. The standard InChI is InChI=1S/C16H25NO5/c1-5-10(8-11(9-17)16(18)19)12-6-7-13(20-2)15(22-4)14(12)21-3/h6-7,10-11H,5,8-9,17H2,1-4H3,(H,18,19). The van der Waals surface area contributed by atoms with Gasteiger partial charge in [0, 0.05) is 12.1 Å². The molecule has 0 aliphatic rings. The molecule has 0 fully saturated rings. The Labute approximate surface area is 131 Å². The highest BCUT2D eigenvalue weighted by atomic mass is 16.5. The fourth-order valence-corrected chi connectivity index (χ4v) is 2.60. The van der Waals surface area contributed by atoms with Gasteiger partial charge in [0.05, 0.1) is 27.2 Å². The number of rotatable bonds is 9. The molecule has 124 valence electrons. The van der Waals surface area contributed by atoms with Crippen molar-refractivity contribution in [1.82, 2.24) is 0 Å². The predicted molar refractivity (Wildman–Crippen MR) is 83.9 cm³/mol. The van der Waals surface area contributed by atoms with Gasteiger partial charge in [0.1, 0.15) is 0 Å². The zero-order chi connectivity index (χ0) is 16.7. The van der Waals surface area contributed by atoms with Crippen LogP contribution in [0.3, 0.4) is 0 Å². The summed E-state index contributed by atoms with van der Waals surface area (Å²) < 4.78 is 16.1. The molecular weight excluding hydrogens is 286 g/mol. The lowest BCUT2D eigenvalue weighted by Gasteiger charge is -2.23. The van der Waals surface area contributed by atoms with E-state index in [1.54, 1.807) is 27.4 Å². The zero-order valence-electron chi connectivity index (χ0n) is 13.6. The number of hydrogen-bond donors (Lipinski definition) is 2. The molecular formula is C16H25NO5. The summed E-state index contributed by atoms with van der Waals surface area (Å²) in [6.45, 7) is 2.12. The molecule has 1 aromatic rings. The minimum absolute atomic E-state index is 0.0133. The SMILES string of the molecule is CCC(CC(CN)C(=O)O)c1ccc(OC)c(OC)c1OC. The Bertz CT molecular complexity index is 504. The predicted octanol–water partition coefficient (Wildman–Crippen LogP) is 2.26. The molecule has 0 amide bonds. The van der Waals surface area contributed by atoms with Crippen molar-refractivity contribution in [1.29, 1.82) is 0 Å². The molecule has 22 heavy (non-hydrogen) atoms. The molecule has 0 bridgehead atoms. The van der Waals surface area contributed by atoms with E-state index >= 15 is 0 Å². The van der Waals surface area contributed by atoms with E-state index in [-0.39, 0.29) is 12.5 Å². The van der Waals surface area contributed by atoms with Gasteiger partial charge in [-0.1, -0.05) is 13.0 Å². The van der Waals surface area contributed by atoms with Crippen LogP contribution in [0.15, 0.2) is 12.1 Å². The average Bonchev–Trinajstić information content (AvgIpc) is 2.54. The summed E-state index contributed by atoms with van der Waals surface area (Å²) in [5.74, 6) is 0.226. The van der Waals surface area contributed by atoms with Crippen LogP contribution in [0.2, 0.25) is 0 Å². The molecule has 2 unspecified atom stereocenters. The Morgan fingerprint density at radius 1 is 1.18 bits per heavy atom. The molecule has 0 aromatic heterocycles. The molecule has 0 aliphatic heterocycles. The summed E-state index contributed by atoms with van der Waals surface area (Å²) >= 11 is 0. The van der Waals surface area contributed by atoms with Crippen LogP contribution in [-0.2, 0) is 4.79 Å². The van der Waals surface area contributed by atoms with Crippen molar-refractivity contribution >= 4 is 5.97 Å². The smallest absolute Gasteiger partial charge is 0.307 e. The molecule has 6 heteroatoms. The fraction of sp³-hybridized carbons (Fsp3) is 0.562. The Balaban J connectivity index is 3.24. The summed E-state index contributed by atoms with van der Waals surface area (Å²) in [4.78, 5) is 11.2. The molecule has 0 saturated carbocycles. The third-order valence-electron chi connectivity index (χ3n) is 3.87. The van der Waals surface area contributed by atoms with Crippen LogP contribution in [0.25, 0.3) is 0 Å². The number of benzene rings is 1. The molecule has 1 aromatic carbocycles. The Morgan fingerprint density at radius 3 is 2.23 bits per heavy atom. The maximum Gasteiger partial charge on any atom is 0.307 e. The highest BCUT2D eigenvalue weighted by molar-refractivity contribution is 5.70. The second-order valence-electron chi connectivity index (χ2n) is 5.04. The molecule has 0 radical (unpaired) electrons. The van der Waals surface area contributed by atoms with Crippen LogP contribution in [0.5, 0.6) is 17.2 Å². The first-order chi connectivity index (χ1) is 10.5. The summed E-state index contributed by atoms with van der Waals surface area (Å²) in [5.41, 5.74) is 6.48. The number of methoxy groups -OCH3 is 3. The molecule has 0 heterocycles. The molecule has 3 N–H and O–H groups in total. The van der Waals surface area contributed by atoms with Gasteiger partial charge in [-0.2, -0.15) is 0 Å². The van der Waals surface area contributed by atoms with E-state index < -0.39 is 11.9 Å². The van der Waals surface area contributed by atoms with Gasteiger partial charge in [-0.05, 0) is 24.8 Å². The summed E-state index contributed by atoms with van der Waals surface area (Å²) in [6.07, 6.45) is 1.23. The van der Waals surface area contributed by atoms with Crippen molar-refractivity contribution < 1.29 is 24.1 Å². The van der Waals surface area contributed by atoms with E-state index in [1.165, 1.54) is 0 Å². The monoisotopic (exact) mass is 311 g/mol. The summed E-state index contributed by atoms with van der Waals surface area (Å²) in [6, 6.07) is 3.70. The normalized spacial score (nSPS) is 13.3. The van der Waals surface area contributed by atoms with Crippen LogP contribution < -0.4 is 19.9 Å². The van der Waals surface area contributed by atoms with Gasteiger partial charge in [0.15, 0.2) is 11.5 Å². The van der Waals surface area contributed by atoms with Crippen molar-refractivity contribution in [2.75, 3.05) is 27.9 Å². The summed E-state index contributed by atoms with van der Waals surface area (Å²) in [7, 11) is 4.67. The number of ether oxygens (including phenoxy) is 3. The first-order valence-electron chi connectivity index (χ1n) is 7.25. The van der Waals surface area contributed by atoms with Gasteiger partial charge in [-0.3, -0.25) is 4.79 Å². The average molecular weight is 311 g/mol. The lowest BCUT2D eigenvalue weighted by molar-refractivity contribution is -0.141. The maximum atomic E-state index is 11.2. The largest absolute Gasteiger partial charge is 0.493 e.